The Kier molecular flexibility index (Phi) is 5.56. The van der Waals surface area contributed by atoms with E-state index in [2.05, 4.69) is 5.32 Å². The summed E-state index contributed by atoms with van der Waals surface area (Å²) < 4.78 is 12.7. The predicted molar refractivity (Wildman–Crippen MR) is 72.2 cm³/mol. The van der Waals surface area contributed by atoms with Crippen LogP contribution >= 0.6 is 12.4 Å². The summed E-state index contributed by atoms with van der Waals surface area (Å²) in [6.45, 7) is 0.557. The molecular formula is C13H18ClFN2O. The maximum Gasteiger partial charge on any atom is 0.227 e. The number of carbonyl (C=O) groups excluding carboxylic acids is 1. The average molecular weight is 273 g/mol. The van der Waals surface area contributed by atoms with E-state index in [9.17, 15) is 9.18 Å². The van der Waals surface area contributed by atoms with Crippen molar-refractivity contribution in [1.82, 2.24) is 0 Å². The van der Waals surface area contributed by atoms with Crippen LogP contribution in [-0.4, -0.2) is 12.5 Å². The maximum atomic E-state index is 12.7. The van der Waals surface area contributed by atoms with Gasteiger partial charge in [0.1, 0.15) is 5.82 Å². The zero-order valence-corrected chi connectivity index (χ0v) is 10.9. The van der Waals surface area contributed by atoms with Crippen LogP contribution in [0.25, 0.3) is 0 Å². The highest BCUT2D eigenvalue weighted by Gasteiger charge is 2.31. The van der Waals surface area contributed by atoms with Gasteiger partial charge in [0.25, 0.3) is 0 Å². The summed E-state index contributed by atoms with van der Waals surface area (Å²) in [5.74, 6) is -0.00578. The molecule has 1 amide bonds. The van der Waals surface area contributed by atoms with E-state index in [4.69, 9.17) is 5.73 Å². The fourth-order valence-electron chi connectivity index (χ4n) is 2.43. The first-order valence-corrected chi connectivity index (χ1v) is 5.97. The van der Waals surface area contributed by atoms with Gasteiger partial charge in [-0.2, -0.15) is 0 Å². The summed E-state index contributed by atoms with van der Waals surface area (Å²) >= 11 is 0. The second-order valence-electron chi connectivity index (χ2n) is 4.53. The summed E-state index contributed by atoms with van der Waals surface area (Å²) in [7, 11) is 0. The molecule has 100 valence electrons. The third-order valence-electron chi connectivity index (χ3n) is 3.41. The zero-order valence-electron chi connectivity index (χ0n) is 10.1. The van der Waals surface area contributed by atoms with Crippen molar-refractivity contribution in [3.05, 3.63) is 30.1 Å². The number of nitrogens with two attached hydrogens (primary N) is 1. The SMILES string of the molecule is Cl.NC[C@H]1CCC[C@H]1C(=O)Nc1ccc(F)cc1. The van der Waals surface area contributed by atoms with E-state index in [-0.39, 0.29) is 36.0 Å². The molecule has 0 unspecified atom stereocenters. The number of rotatable bonds is 3. The number of benzene rings is 1. The van der Waals surface area contributed by atoms with Gasteiger partial charge in [-0.15, -0.1) is 12.4 Å². The standard InChI is InChI=1S/C13H17FN2O.ClH/c14-10-4-6-11(7-5-10)16-13(17)12-3-1-2-9(12)8-15;/h4-7,9,12H,1-3,8,15H2,(H,16,17);1H/t9-,12-;/m1./s1. The molecule has 0 bridgehead atoms. The minimum atomic E-state index is -0.302. The van der Waals surface area contributed by atoms with Crippen molar-refractivity contribution in [1.29, 1.82) is 0 Å². The normalized spacial score (nSPS) is 22.3. The number of amides is 1. The second kappa shape index (κ2) is 6.71. The Morgan fingerprint density at radius 2 is 2.00 bits per heavy atom. The largest absolute Gasteiger partial charge is 0.330 e. The molecule has 3 N–H and O–H groups in total. The molecule has 1 aliphatic carbocycles. The highest BCUT2D eigenvalue weighted by molar-refractivity contribution is 5.92. The molecule has 3 nitrogen and oxygen atoms in total. The first kappa shape index (κ1) is 14.9. The molecule has 1 aliphatic rings. The second-order valence-corrected chi connectivity index (χ2v) is 4.53. The van der Waals surface area contributed by atoms with Crippen LogP contribution < -0.4 is 11.1 Å². The molecule has 18 heavy (non-hydrogen) atoms. The van der Waals surface area contributed by atoms with Gasteiger partial charge in [0, 0.05) is 11.6 Å². The highest BCUT2D eigenvalue weighted by atomic mass is 35.5. The maximum absolute atomic E-state index is 12.7. The van der Waals surface area contributed by atoms with Gasteiger partial charge in [-0.1, -0.05) is 6.42 Å². The number of hydrogen-bond donors (Lipinski definition) is 2. The number of hydrogen-bond acceptors (Lipinski definition) is 2. The van der Waals surface area contributed by atoms with Crippen LogP contribution in [0.3, 0.4) is 0 Å². The van der Waals surface area contributed by atoms with Crippen molar-refractivity contribution in [2.45, 2.75) is 19.3 Å². The van der Waals surface area contributed by atoms with Gasteiger partial charge in [0.15, 0.2) is 0 Å². The van der Waals surface area contributed by atoms with E-state index < -0.39 is 0 Å². The van der Waals surface area contributed by atoms with Gasteiger partial charge >= 0.3 is 0 Å². The molecule has 2 atom stereocenters. The van der Waals surface area contributed by atoms with E-state index >= 15 is 0 Å². The molecule has 2 rings (SSSR count). The summed E-state index contributed by atoms with van der Waals surface area (Å²) in [5.41, 5.74) is 6.28. The molecule has 1 aromatic carbocycles. The Labute approximate surface area is 112 Å². The summed E-state index contributed by atoms with van der Waals surface area (Å²) in [4.78, 5) is 12.0. The number of halogens is 2. The van der Waals surface area contributed by atoms with Crippen LogP contribution in [0.15, 0.2) is 24.3 Å². The zero-order chi connectivity index (χ0) is 12.3. The lowest BCUT2D eigenvalue weighted by atomic mass is 9.95. The molecule has 0 aromatic heterocycles. The van der Waals surface area contributed by atoms with Crippen LogP contribution in [-0.2, 0) is 4.79 Å². The van der Waals surface area contributed by atoms with Gasteiger partial charge < -0.3 is 11.1 Å². The molecule has 0 radical (unpaired) electrons. The minimum absolute atomic E-state index is 0. The van der Waals surface area contributed by atoms with Gasteiger partial charge in [-0.3, -0.25) is 4.79 Å². The van der Waals surface area contributed by atoms with Gasteiger partial charge in [-0.25, -0.2) is 4.39 Å². The van der Waals surface area contributed by atoms with Gasteiger partial charge in [0.2, 0.25) is 5.91 Å². The van der Waals surface area contributed by atoms with E-state index in [1.165, 1.54) is 12.1 Å². The van der Waals surface area contributed by atoms with Crippen LogP contribution in [0, 0.1) is 17.7 Å². The van der Waals surface area contributed by atoms with Crippen LogP contribution in [0.4, 0.5) is 10.1 Å². The van der Waals surface area contributed by atoms with Crippen molar-refractivity contribution in [3.8, 4) is 0 Å². The Hall–Kier alpha value is -1.13. The smallest absolute Gasteiger partial charge is 0.227 e. The Balaban J connectivity index is 0.00000162. The summed E-state index contributed by atoms with van der Waals surface area (Å²) in [6.07, 6.45) is 2.98. The molecule has 1 saturated carbocycles. The Morgan fingerprint density at radius 1 is 1.33 bits per heavy atom. The molecular weight excluding hydrogens is 255 g/mol. The Bertz CT molecular complexity index is 396. The van der Waals surface area contributed by atoms with Crippen molar-refractivity contribution < 1.29 is 9.18 Å². The highest BCUT2D eigenvalue weighted by Crippen LogP contribution is 2.31. The molecule has 0 heterocycles. The van der Waals surface area contributed by atoms with E-state index in [1.54, 1.807) is 12.1 Å². The fourth-order valence-corrected chi connectivity index (χ4v) is 2.43. The third kappa shape index (κ3) is 3.43. The molecule has 0 spiro atoms. The summed E-state index contributed by atoms with van der Waals surface area (Å²) in [6, 6.07) is 5.81. The molecule has 1 aromatic rings. The summed E-state index contributed by atoms with van der Waals surface area (Å²) in [5, 5.41) is 2.81. The predicted octanol–water partition coefficient (Wildman–Crippen LogP) is 2.56. The van der Waals surface area contributed by atoms with Crippen molar-refractivity contribution in [2.75, 3.05) is 11.9 Å². The van der Waals surface area contributed by atoms with Crippen molar-refractivity contribution in [3.63, 3.8) is 0 Å². The lowest BCUT2D eigenvalue weighted by Gasteiger charge is -2.17. The molecule has 0 saturated heterocycles. The van der Waals surface area contributed by atoms with Crippen molar-refractivity contribution in [2.24, 2.45) is 17.6 Å². The lowest BCUT2D eigenvalue weighted by molar-refractivity contribution is -0.120. The monoisotopic (exact) mass is 272 g/mol. The average Bonchev–Trinajstić information content (AvgIpc) is 2.80. The first-order valence-electron chi connectivity index (χ1n) is 5.97. The number of nitrogens with one attached hydrogen (secondary N) is 1. The van der Waals surface area contributed by atoms with E-state index in [0.717, 1.165) is 19.3 Å². The van der Waals surface area contributed by atoms with E-state index in [0.29, 0.717) is 12.2 Å². The van der Waals surface area contributed by atoms with Crippen LogP contribution in [0.2, 0.25) is 0 Å². The Morgan fingerprint density at radius 3 is 2.61 bits per heavy atom. The van der Waals surface area contributed by atoms with E-state index in [1.807, 2.05) is 0 Å². The van der Waals surface area contributed by atoms with Crippen LogP contribution in [0.5, 0.6) is 0 Å². The molecule has 5 heteroatoms. The lowest BCUT2D eigenvalue weighted by Crippen LogP contribution is -2.29. The number of carbonyl (C=O) groups is 1. The molecule has 1 fully saturated rings. The molecule has 0 aliphatic heterocycles. The quantitative estimate of drug-likeness (QED) is 0.888. The first-order chi connectivity index (χ1) is 8.20. The van der Waals surface area contributed by atoms with Gasteiger partial charge in [-0.05, 0) is 49.6 Å². The van der Waals surface area contributed by atoms with Crippen molar-refractivity contribution >= 4 is 24.0 Å². The topological polar surface area (TPSA) is 55.1 Å². The fraction of sp³-hybridized carbons (Fsp3) is 0.462. The van der Waals surface area contributed by atoms with Crippen LogP contribution in [0.1, 0.15) is 19.3 Å². The minimum Gasteiger partial charge on any atom is -0.330 e. The number of anilines is 1. The third-order valence-corrected chi connectivity index (χ3v) is 3.41. The van der Waals surface area contributed by atoms with Gasteiger partial charge in [0.05, 0.1) is 0 Å².